The molecule has 0 bridgehead atoms. The van der Waals surface area contributed by atoms with E-state index in [1.54, 1.807) is 0 Å². The Morgan fingerprint density at radius 3 is 2.67 bits per heavy atom. The lowest BCUT2D eigenvalue weighted by atomic mass is 10.1. The number of hydrogen-bond donors (Lipinski definition) is 2. The van der Waals surface area contributed by atoms with E-state index in [1.807, 2.05) is 6.92 Å². The molecule has 1 unspecified atom stereocenters. The summed E-state index contributed by atoms with van der Waals surface area (Å²) in [7, 11) is 0. The minimum absolute atomic E-state index is 0.0532. The molecular weight excluding hydrogens is 300 g/mol. The van der Waals surface area contributed by atoms with Crippen LogP contribution in [0, 0.1) is 11.6 Å². The Hall–Kier alpha value is -1.63. The number of carbonyl (C=O) groups excluding carboxylic acids is 1. The summed E-state index contributed by atoms with van der Waals surface area (Å²) in [6.07, 6.45) is 1.17. The molecule has 0 spiro atoms. The van der Waals surface area contributed by atoms with Crippen LogP contribution in [0.1, 0.15) is 26.2 Å². The lowest BCUT2D eigenvalue weighted by Gasteiger charge is -2.15. The Kier molecular flexibility index (Phi) is 7.14. The quantitative estimate of drug-likeness (QED) is 0.724. The number of rotatable bonds is 8. The predicted molar refractivity (Wildman–Crippen MR) is 76.2 cm³/mol. The minimum Gasteiger partial charge on any atom is -0.481 e. The molecule has 0 heterocycles. The first-order valence-electron chi connectivity index (χ1n) is 6.51. The monoisotopic (exact) mass is 317 g/mol. The Morgan fingerprint density at radius 2 is 2.10 bits per heavy atom. The molecule has 0 radical (unpaired) electrons. The molecule has 0 saturated carbocycles. The molecule has 0 aliphatic heterocycles. The van der Waals surface area contributed by atoms with E-state index in [0.29, 0.717) is 6.42 Å². The van der Waals surface area contributed by atoms with Crippen LogP contribution >= 0.6 is 11.8 Å². The molecule has 0 fully saturated rings. The third-order valence-electron chi connectivity index (χ3n) is 2.68. The number of thioether (sulfide) groups is 1. The third kappa shape index (κ3) is 6.57. The van der Waals surface area contributed by atoms with Gasteiger partial charge in [-0.25, -0.2) is 8.78 Å². The van der Waals surface area contributed by atoms with Crippen molar-refractivity contribution in [1.82, 2.24) is 5.32 Å². The van der Waals surface area contributed by atoms with Gasteiger partial charge in [0.2, 0.25) is 5.91 Å². The fourth-order valence-corrected chi connectivity index (χ4v) is 2.52. The van der Waals surface area contributed by atoms with E-state index in [4.69, 9.17) is 5.11 Å². The van der Waals surface area contributed by atoms with E-state index < -0.39 is 23.6 Å². The molecule has 0 aliphatic carbocycles. The number of benzene rings is 1. The van der Waals surface area contributed by atoms with E-state index in [9.17, 15) is 18.4 Å². The van der Waals surface area contributed by atoms with Crippen molar-refractivity contribution in [3.8, 4) is 0 Å². The molecule has 1 rings (SSSR count). The normalized spacial score (nSPS) is 12.0. The Bertz CT molecular complexity index is 511. The third-order valence-corrected chi connectivity index (χ3v) is 3.72. The van der Waals surface area contributed by atoms with Gasteiger partial charge < -0.3 is 10.4 Å². The van der Waals surface area contributed by atoms with E-state index in [0.717, 1.165) is 30.3 Å². The van der Waals surface area contributed by atoms with Gasteiger partial charge >= 0.3 is 5.97 Å². The van der Waals surface area contributed by atoms with Crippen molar-refractivity contribution in [1.29, 1.82) is 0 Å². The molecular formula is C14H17F2NO3S. The van der Waals surface area contributed by atoms with Crippen molar-refractivity contribution < 1.29 is 23.5 Å². The number of aliphatic carboxylic acids is 1. The van der Waals surface area contributed by atoms with Crippen molar-refractivity contribution >= 4 is 23.6 Å². The lowest BCUT2D eigenvalue weighted by Crippen LogP contribution is -2.37. The number of carboxylic acids is 1. The maximum atomic E-state index is 13.4. The molecule has 0 aromatic heterocycles. The second-order valence-electron chi connectivity index (χ2n) is 4.51. The predicted octanol–water partition coefficient (Wildman–Crippen LogP) is 2.82. The van der Waals surface area contributed by atoms with Gasteiger partial charge in [0, 0.05) is 17.0 Å². The summed E-state index contributed by atoms with van der Waals surface area (Å²) in [6.45, 7) is 1.89. The SMILES string of the molecule is CCCC(CC(=O)O)NC(=O)CSc1ccc(F)cc1F. The summed E-state index contributed by atoms with van der Waals surface area (Å²) in [5, 5.41) is 11.4. The van der Waals surface area contributed by atoms with Crippen LogP contribution in [0.5, 0.6) is 0 Å². The van der Waals surface area contributed by atoms with Crippen molar-refractivity contribution in [2.75, 3.05) is 5.75 Å². The van der Waals surface area contributed by atoms with E-state index in [1.165, 1.54) is 6.07 Å². The number of halogens is 2. The Balaban J connectivity index is 2.50. The molecule has 1 aromatic rings. The van der Waals surface area contributed by atoms with Gasteiger partial charge in [-0.15, -0.1) is 11.8 Å². The highest BCUT2D eigenvalue weighted by atomic mass is 32.2. The van der Waals surface area contributed by atoms with Gasteiger partial charge in [0.15, 0.2) is 0 Å². The average Bonchev–Trinajstić information content (AvgIpc) is 2.37. The smallest absolute Gasteiger partial charge is 0.305 e. The average molecular weight is 317 g/mol. The second kappa shape index (κ2) is 8.61. The van der Waals surface area contributed by atoms with Gasteiger partial charge in [0.1, 0.15) is 11.6 Å². The Morgan fingerprint density at radius 1 is 1.38 bits per heavy atom. The van der Waals surface area contributed by atoms with Crippen LogP contribution in [-0.4, -0.2) is 28.8 Å². The van der Waals surface area contributed by atoms with Crippen LogP contribution in [0.2, 0.25) is 0 Å². The summed E-state index contributed by atoms with van der Waals surface area (Å²) < 4.78 is 26.1. The van der Waals surface area contributed by atoms with Crippen LogP contribution in [-0.2, 0) is 9.59 Å². The molecule has 116 valence electrons. The zero-order valence-corrected chi connectivity index (χ0v) is 12.4. The molecule has 4 nitrogen and oxygen atoms in total. The highest BCUT2D eigenvalue weighted by Gasteiger charge is 2.15. The molecule has 0 aliphatic rings. The lowest BCUT2D eigenvalue weighted by molar-refractivity contribution is -0.137. The molecule has 1 amide bonds. The largest absolute Gasteiger partial charge is 0.481 e. The van der Waals surface area contributed by atoms with Crippen LogP contribution in [0.25, 0.3) is 0 Å². The van der Waals surface area contributed by atoms with Gasteiger partial charge in [-0.05, 0) is 18.6 Å². The van der Waals surface area contributed by atoms with Crippen molar-refractivity contribution in [2.24, 2.45) is 0 Å². The summed E-state index contributed by atoms with van der Waals surface area (Å²) in [4.78, 5) is 22.6. The first-order valence-corrected chi connectivity index (χ1v) is 7.50. The number of carboxylic acid groups (broad SMARTS) is 1. The van der Waals surface area contributed by atoms with Gasteiger partial charge in [0.05, 0.1) is 12.2 Å². The highest BCUT2D eigenvalue weighted by Crippen LogP contribution is 2.22. The van der Waals surface area contributed by atoms with E-state index in [-0.39, 0.29) is 23.0 Å². The fraction of sp³-hybridized carbons (Fsp3) is 0.429. The van der Waals surface area contributed by atoms with E-state index >= 15 is 0 Å². The summed E-state index contributed by atoms with van der Waals surface area (Å²) in [5.74, 6) is -2.80. The van der Waals surface area contributed by atoms with Crippen LogP contribution < -0.4 is 5.32 Å². The minimum atomic E-state index is -0.981. The molecule has 2 N–H and O–H groups in total. The second-order valence-corrected chi connectivity index (χ2v) is 5.53. The van der Waals surface area contributed by atoms with Gasteiger partial charge in [-0.1, -0.05) is 13.3 Å². The van der Waals surface area contributed by atoms with Crippen molar-refractivity contribution in [2.45, 2.75) is 37.1 Å². The maximum absolute atomic E-state index is 13.4. The van der Waals surface area contributed by atoms with Crippen molar-refractivity contribution in [3.05, 3.63) is 29.8 Å². The van der Waals surface area contributed by atoms with Crippen LogP contribution in [0.4, 0.5) is 8.78 Å². The zero-order chi connectivity index (χ0) is 15.8. The summed E-state index contributed by atoms with van der Waals surface area (Å²) in [6, 6.07) is 2.71. The molecule has 1 aromatic carbocycles. The number of hydrogen-bond acceptors (Lipinski definition) is 3. The molecule has 1 atom stereocenters. The zero-order valence-electron chi connectivity index (χ0n) is 11.6. The highest BCUT2D eigenvalue weighted by molar-refractivity contribution is 8.00. The fourth-order valence-electron chi connectivity index (χ4n) is 1.79. The van der Waals surface area contributed by atoms with E-state index in [2.05, 4.69) is 5.32 Å². The van der Waals surface area contributed by atoms with Gasteiger partial charge in [0.25, 0.3) is 0 Å². The molecule has 7 heteroatoms. The maximum Gasteiger partial charge on any atom is 0.305 e. The van der Waals surface area contributed by atoms with Gasteiger partial charge in [-0.3, -0.25) is 9.59 Å². The van der Waals surface area contributed by atoms with Crippen LogP contribution in [0.3, 0.4) is 0 Å². The van der Waals surface area contributed by atoms with Gasteiger partial charge in [-0.2, -0.15) is 0 Å². The topological polar surface area (TPSA) is 66.4 Å². The molecule has 21 heavy (non-hydrogen) atoms. The Labute approximate surface area is 125 Å². The first kappa shape index (κ1) is 17.4. The van der Waals surface area contributed by atoms with Crippen LogP contribution in [0.15, 0.2) is 23.1 Å². The standard InChI is InChI=1S/C14H17F2NO3S/c1-2-3-10(7-14(19)20)17-13(18)8-21-12-5-4-9(15)6-11(12)16/h4-6,10H,2-3,7-8H2,1H3,(H,17,18)(H,19,20). The first-order chi connectivity index (χ1) is 9.92. The number of nitrogens with one attached hydrogen (secondary N) is 1. The number of carbonyl (C=O) groups is 2. The molecule has 0 saturated heterocycles. The van der Waals surface area contributed by atoms with Crippen molar-refractivity contribution in [3.63, 3.8) is 0 Å². The summed E-state index contributed by atoms with van der Waals surface area (Å²) >= 11 is 0.942. The number of amides is 1. The summed E-state index contributed by atoms with van der Waals surface area (Å²) in [5.41, 5.74) is 0.